The Kier molecular flexibility index (Phi) is 5.88. The fourth-order valence-electron chi connectivity index (χ4n) is 4.88. The summed E-state index contributed by atoms with van der Waals surface area (Å²) in [7, 11) is 0.776. The second-order valence-corrected chi connectivity index (χ2v) is 11.6. The first kappa shape index (κ1) is 22.9. The average Bonchev–Trinajstić information content (AvgIpc) is 3.28. The number of hydrogen-bond acceptors (Lipinski definition) is 5. The van der Waals surface area contributed by atoms with Crippen molar-refractivity contribution in [2.24, 2.45) is 0 Å². The third kappa shape index (κ3) is 3.63. The zero-order chi connectivity index (χ0) is 23.1. The van der Waals surface area contributed by atoms with Crippen LogP contribution in [-0.4, -0.2) is 47.1 Å². The van der Waals surface area contributed by atoms with E-state index in [2.05, 4.69) is 60.1 Å². The first-order valence-corrected chi connectivity index (χ1v) is 13.0. The summed E-state index contributed by atoms with van der Waals surface area (Å²) in [4.78, 5) is 4.78. The number of sulfone groups is 1. The zero-order valence-electron chi connectivity index (χ0n) is 19.8. The van der Waals surface area contributed by atoms with Crippen molar-refractivity contribution in [1.82, 2.24) is 0 Å². The number of anilines is 2. The highest BCUT2D eigenvalue weighted by atomic mass is 32.2. The molecule has 2 aromatic carbocycles. The third-order valence-corrected chi connectivity index (χ3v) is 8.70. The summed E-state index contributed by atoms with van der Waals surface area (Å²) >= 11 is 0. The van der Waals surface area contributed by atoms with E-state index in [1.165, 1.54) is 0 Å². The number of hydrogen-bond donors (Lipinski definition) is 0. The van der Waals surface area contributed by atoms with Gasteiger partial charge in [0.1, 0.15) is 0 Å². The van der Waals surface area contributed by atoms with Gasteiger partial charge < -0.3 is 14.5 Å². The predicted molar refractivity (Wildman–Crippen MR) is 132 cm³/mol. The maximum absolute atomic E-state index is 12.9. The van der Waals surface area contributed by atoms with Gasteiger partial charge >= 0.3 is 0 Å². The summed E-state index contributed by atoms with van der Waals surface area (Å²) in [6, 6.07) is 14.0. The molecule has 0 aliphatic carbocycles. The van der Waals surface area contributed by atoms with Gasteiger partial charge in [-0.05, 0) is 54.0 Å². The van der Waals surface area contributed by atoms with E-state index in [0.29, 0.717) is 17.9 Å². The van der Waals surface area contributed by atoms with Crippen molar-refractivity contribution in [3.8, 4) is 0 Å². The molecule has 0 spiro atoms. The van der Waals surface area contributed by atoms with Crippen LogP contribution in [0.15, 0.2) is 53.4 Å². The van der Waals surface area contributed by atoms with Crippen LogP contribution in [-0.2, 0) is 20.0 Å². The van der Waals surface area contributed by atoms with Gasteiger partial charge in [-0.1, -0.05) is 45.4 Å². The highest BCUT2D eigenvalue weighted by Gasteiger charge is 2.59. The van der Waals surface area contributed by atoms with Gasteiger partial charge in [0.25, 0.3) is 0 Å². The zero-order valence-corrected chi connectivity index (χ0v) is 20.6. The number of unbranched alkanes of at least 4 members (excludes halogenated alkanes) is 1. The molecule has 4 rings (SSSR count). The van der Waals surface area contributed by atoms with Crippen molar-refractivity contribution < 1.29 is 13.2 Å². The van der Waals surface area contributed by atoms with Crippen LogP contribution in [0.3, 0.4) is 0 Å². The number of nitrogens with zero attached hydrogens (tertiary/aromatic N) is 2. The monoisotopic (exact) mass is 454 g/mol. The summed E-state index contributed by atoms with van der Waals surface area (Å²) in [6.45, 7) is 7.74. The van der Waals surface area contributed by atoms with Crippen LogP contribution in [0.5, 0.6) is 0 Å². The molecule has 2 aliphatic heterocycles. The SMILES string of the molecule is CCCCS(=O)(=O)c1ccc2c(c1)C(C)(C)C1(/C=C/c3ccc(N(C)C)cc3)OCCN21. The number of rotatable bonds is 7. The number of ether oxygens (including phenoxy) is 1. The van der Waals surface area contributed by atoms with Crippen LogP contribution in [0.1, 0.15) is 44.7 Å². The minimum Gasteiger partial charge on any atom is -0.378 e. The molecule has 1 fully saturated rings. The Morgan fingerprint density at radius 2 is 1.84 bits per heavy atom. The smallest absolute Gasteiger partial charge is 0.178 e. The molecule has 6 heteroatoms. The minimum atomic E-state index is -3.29. The molecule has 0 aromatic heterocycles. The first-order chi connectivity index (χ1) is 15.1. The Hall–Kier alpha value is -2.31. The molecule has 0 radical (unpaired) electrons. The molecule has 0 amide bonds. The van der Waals surface area contributed by atoms with E-state index in [0.717, 1.165) is 35.5 Å². The molecular weight excluding hydrogens is 420 g/mol. The van der Waals surface area contributed by atoms with Crippen LogP contribution in [0.25, 0.3) is 6.08 Å². The Morgan fingerprint density at radius 3 is 2.50 bits per heavy atom. The molecule has 0 N–H and O–H groups in total. The van der Waals surface area contributed by atoms with Crippen LogP contribution < -0.4 is 9.80 Å². The minimum absolute atomic E-state index is 0.191. The molecule has 2 aromatic rings. The maximum Gasteiger partial charge on any atom is 0.178 e. The van der Waals surface area contributed by atoms with Gasteiger partial charge in [0.15, 0.2) is 15.6 Å². The number of benzene rings is 2. The fourth-order valence-corrected chi connectivity index (χ4v) is 6.36. The molecule has 172 valence electrons. The van der Waals surface area contributed by atoms with E-state index in [9.17, 15) is 8.42 Å². The van der Waals surface area contributed by atoms with Gasteiger partial charge in [-0.2, -0.15) is 0 Å². The second-order valence-electron chi connectivity index (χ2n) is 9.49. The van der Waals surface area contributed by atoms with Crippen LogP contribution >= 0.6 is 0 Å². The van der Waals surface area contributed by atoms with Crippen LogP contribution in [0, 0.1) is 0 Å². The summed E-state index contributed by atoms with van der Waals surface area (Å²) in [5, 5.41) is 0. The quantitative estimate of drug-likeness (QED) is 0.598. The van der Waals surface area contributed by atoms with Crippen molar-refractivity contribution in [3.63, 3.8) is 0 Å². The van der Waals surface area contributed by atoms with Crippen molar-refractivity contribution in [2.75, 3.05) is 42.8 Å². The Bertz CT molecular complexity index is 1120. The van der Waals surface area contributed by atoms with E-state index in [1.807, 2.05) is 33.2 Å². The Balaban J connectivity index is 1.71. The van der Waals surface area contributed by atoms with Crippen LogP contribution in [0.2, 0.25) is 0 Å². The molecule has 5 nitrogen and oxygen atoms in total. The van der Waals surface area contributed by atoms with Gasteiger partial charge in [-0.25, -0.2) is 8.42 Å². The fraction of sp³-hybridized carbons (Fsp3) is 0.462. The second kappa shape index (κ2) is 8.23. The van der Waals surface area contributed by atoms with Crippen molar-refractivity contribution in [1.29, 1.82) is 0 Å². The summed E-state index contributed by atoms with van der Waals surface area (Å²) in [6.07, 6.45) is 5.80. The molecule has 0 bridgehead atoms. The molecule has 2 aliphatic rings. The average molecular weight is 455 g/mol. The van der Waals surface area contributed by atoms with Gasteiger partial charge in [0, 0.05) is 37.4 Å². The van der Waals surface area contributed by atoms with Crippen molar-refractivity contribution in [3.05, 3.63) is 59.7 Å². The molecule has 1 atom stereocenters. The summed E-state index contributed by atoms with van der Waals surface area (Å²) < 4.78 is 32.1. The van der Waals surface area contributed by atoms with E-state index >= 15 is 0 Å². The van der Waals surface area contributed by atoms with Crippen molar-refractivity contribution in [2.45, 2.75) is 49.6 Å². The normalized spacial score (nSPS) is 21.7. The van der Waals surface area contributed by atoms with E-state index in [4.69, 9.17) is 4.74 Å². The van der Waals surface area contributed by atoms with E-state index < -0.39 is 21.0 Å². The van der Waals surface area contributed by atoms with Gasteiger partial charge in [0.2, 0.25) is 0 Å². The molecule has 2 heterocycles. The lowest BCUT2D eigenvalue weighted by Crippen LogP contribution is -2.51. The number of fused-ring (bicyclic) bond motifs is 3. The highest BCUT2D eigenvalue weighted by Crippen LogP contribution is 2.55. The predicted octanol–water partition coefficient (Wildman–Crippen LogP) is 4.86. The first-order valence-electron chi connectivity index (χ1n) is 11.4. The van der Waals surface area contributed by atoms with E-state index in [-0.39, 0.29) is 5.75 Å². The van der Waals surface area contributed by atoms with Crippen LogP contribution in [0.4, 0.5) is 11.4 Å². The maximum atomic E-state index is 12.9. The van der Waals surface area contributed by atoms with Gasteiger partial charge in [-0.15, -0.1) is 0 Å². The molecule has 1 unspecified atom stereocenters. The largest absolute Gasteiger partial charge is 0.378 e. The summed E-state index contributed by atoms with van der Waals surface area (Å²) in [5.41, 5.74) is 3.31. The lowest BCUT2D eigenvalue weighted by atomic mass is 9.77. The molecular formula is C26H34N2O3S. The van der Waals surface area contributed by atoms with Gasteiger partial charge in [-0.3, -0.25) is 0 Å². The topological polar surface area (TPSA) is 49.9 Å². The molecule has 1 saturated heterocycles. The Labute approximate surface area is 192 Å². The lowest BCUT2D eigenvalue weighted by molar-refractivity contribution is 0.000294. The summed E-state index contributed by atoms with van der Waals surface area (Å²) in [5.74, 6) is 0.191. The standard InChI is InChI=1S/C26H34N2O3S/c1-6-7-18-32(29,30)22-12-13-24-23(19-22)25(2,3)26(28(24)16-17-31-26)15-14-20-8-10-21(11-9-20)27(4)5/h8-15,19H,6-7,16-18H2,1-5H3/b15-14+. The van der Waals surface area contributed by atoms with Crippen molar-refractivity contribution >= 4 is 27.3 Å². The van der Waals surface area contributed by atoms with E-state index in [1.54, 1.807) is 6.07 Å². The van der Waals surface area contributed by atoms with Gasteiger partial charge in [0.05, 0.1) is 17.3 Å². The Morgan fingerprint density at radius 1 is 1.12 bits per heavy atom. The highest BCUT2D eigenvalue weighted by molar-refractivity contribution is 7.91. The molecule has 32 heavy (non-hydrogen) atoms. The lowest BCUT2D eigenvalue weighted by Gasteiger charge is -2.39. The third-order valence-electron chi connectivity index (χ3n) is 6.90. The molecule has 0 saturated carbocycles.